The van der Waals surface area contributed by atoms with E-state index in [4.69, 9.17) is 15.2 Å². The first-order valence-electron chi connectivity index (χ1n) is 12.9. The number of ether oxygens (including phenoxy) is 2. The van der Waals surface area contributed by atoms with Crippen LogP contribution in [0.15, 0.2) is 36.9 Å². The molecule has 12 nitrogen and oxygen atoms in total. The lowest BCUT2D eigenvalue weighted by Gasteiger charge is -2.31. The van der Waals surface area contributed by atoms with Gasteiger partial charge >= 0.3 is 5.97 Å². The van der Waals surface area contributed by atoms with Gasteiger partial charge in [0.2, 0.25) is 0 Å². The van der Waals surface area contributed by atoms with Gasteiger partial charge in [0.05, 0.1) is 25.6 Å². The maximum absolute atomic E-state index is 14.1. The minimum absolute atomic E-state index is 0.262. The SMILES string of the molecule is CCCCCOC(=O)C(C)(C)N[P@](=O)(CO[C@H](C)Cn1cnc2c(N)ncnc21)NC(=O)c1ccc(C)cc1. The molecule has 3 rings (SSSR count). The number of hydrogen-bond donors (Lipinski definition) is 3. The van der Waals surface area contributed by atoms with Crippen molar-refractivity contribution in [2.45, 2.75) is 72.1 Å². The van der Waals surface area contributed by atoms with Crippen LogP contribution in [0.1, 0.15) is 62.9 Å². The van der Waals surface area contributed by atoms with Crippen LogP contribution in [0.5, 0.6) is 0 Å². The second kappa shape index (κ2) is 13.1. The number of nitrogens with two attached hydrogens (primary N) is 1. The third-order valence-electron chi connectivity index (χ3n) is 5.97. The summed E-state index contributed by atoms with van der Waals surface area (Å²) in [5.41, 5.74) is 6.84. The maximum atomic E-state index is 14.1. The number of nitrogens with zero attached hydrogens (tertiary/aromatic N) is 4. The number of amides is 1. The summed E-state index contributed by atoms with van der Waals surface area (Å²) in [7, 11) is -3.82. The van der Waals surface area contributed by atoms with Crippen molar-refractivity contribution >= 4 is 36.3 Å². The van der Waals surface area contributed by atoms with Gasteiger partial charge in [0.1, 0.15) is 23.7 Å². The zero-order chi connectivity index (χ0) is 28.6. The third kappa shape index (κ3) is 8.32. The number of carbonyl (C=O) groups is 2. The first-order chi connectivity index (χ1) is 18.4. The fourth-order valence-corrected chi connectivity index (χ4v) is 5.92. The second-order valence-corrected chi connectivity index (χ2v) is 12.2. The molecule has 0 saturated heterocycles. The van der Waals surface area contributed by atoms with Gasteiger partial charge in [0.25, 0.3) is 13.4 Å². The van der Waals surface area contributed by atoms with Crippen molar-refractivity contribution in [3.63, 3.8) is 0 Å². The number of aryl methyl sites for hydroxylation is 1. The normalized spacial score (nSPS) is 14.1. The number of anilines is 1. The summed E-state index contributed by atoms with van der Waals surface area (Å²) in [6, 6.07) is 6.86. The van der Waals surface area contributed by atoms with Gasteiger partial charge < -0.3 is 19.8 Å². The van der Waals surface area contributed by atoms with E-state index >= 15 is 0 Å². The Balaban J connectivity index is 1.74. The molecule has 0 aliphatic heterocycles. The highest BCUT2D eigenvalue weighted by Gasteiger charge is 2.39. The number of benzene rings is 1. The summed E-state index contributed by atoms with van der Waals surface area (Å²) in [6.45, 7) is 9.45. The van der Waals surface area contributed by atoms with Gasteiger partial charge in [-0.2, -0.15) is 0 Å². The van der Waals surface area contributed by atoms with Crippen molar-refractivity contribution in [3.8, 4) is 0 Å². The number of esters is 1. The van der Waals surface area contributed by atoms with Crippen molar-refractivity contribution in [2.24, 2.45) is 0 Å². The number of nitrogens with one attached hydrogen (secondary N) is 2. The summed E-state index contributed by atoms with van der Waals surface area (Å²) in [5, 5.41) is 5.43. The Morgan fingerprint density at radius 1 is 1.15 bits per heavy atom. The van der Waals surface area contributed by atoms with Gasteiger partial charge in [0.15, 0.2) is 11.5 Å². The van der Waals surface area contributed by atoms with Crippen molar-refractivity contribution in [2.75, 3.05) is 18.7 Å². The Kier molecular flexibility index (Phi) is 10.2. The average Bonchev–Trinajstić information content (AvgIpc) is 3.29. The van der Waals surface area contributed by atoms with E-state index in [2.05, 4.69) is 32.1 Å². The molecule has 3 aromatic rings. The molecule has 0 bridgehead atoms. The fourth-order valence-electron chi connectivity index (χ4n) is 3.81. The number of rotatable bonds is 14. The lowest BCUT2D eigenvalue weighted by Crippen LogP contribution is -2.49. The zero-order valence-corrected chi connectivity index (χ0v) is 24.0. The van der Waals surface area contributed by atoms with Gasteiger partial charge in [-0.25, -0.2) is 20.0 Å². The Bertz CT molecular complexity index is 1330. The molecule has 0 saturated carbocycles. The van der Waals surface area contributed by atoms with Gasteiger partial charge in [-0.15, -0.1) is 0 Å². The molecule has 0 fully saturated rings. The Morgan fingerprint density at radius 2 is 1.87 bits per heavy atom. The molecular formula is C26H38N7O5P. The number of aromatic nitrogens is 4. The Labute approximate surface area is 228 Å². The summed E-state index contributed by atoms with van der Waals surface area (Å²) < 4.78 is 27.2. The number of fused-ring (bicyclic) bond motifs is 1. The number of carbonyl (C=O) groups excluding carboxylic acids is 2. The highest BCUT2D eigenvalue weighted by molar-refractivity contribution is 7.60. The zero-order valence-electron chi connectivity index (χ0n) is 23.1. The number of hydrogen-bond acceptors (Lipinski definition) is 9. The molecule has 0 aliphatic carbocycles. The van der Waals surface area contributed by atoms with Crippen LogP contribution in [0, 0.1) is 6.92 Å². The van der Waals surface area contributed by atoms with Crippen molar-refractivity contribution in [1.29, 1.82) is 0 Å². The highest BCUT2D eigenvalue weighted by Crippen LogP contribution is 2.40. The molecule has 1 aromatic carbocycles. The van der Waals surface area contributed by atoms with E-state index in [9.17, 15) is 14.2 Å². The highest BCUT2D eigenvalue weighted by atomic mass is 31.2. The molecule has 0 aliphatic rings. The molecule has 0 unspecified atom stereocenters. The fraction of sp³-hybridized carbons (Fsp3) is 0.500. The largest absolute Gasteiger partial charge is 0.464 e. The third-order valence-corrected chi connectivity index (χ3v) is 7.97. The Hall–Kier alpha value is -3.34. The number of nitrogen functional groups attached to an aromatic ring is 1. The monoisotopic (exact) mass is 559 g/mol. The summed E-state index contributed by atoms with van der Waals surface area (Å²) >= 11 is 0. The van der Waals surface area contributed by atoms with Crippen LogP contribution in [0.25, 0.3) is 11.2 Å². The van der Waals surface area contributed by atoms with E-state index < -0.39 is 31.0 Å². The molecular weight excluding hydrogens is 521 g/mol. The van der Waals surface area contributed by atoms with E-state index in [0.29, 0.717) is 23.3 Å². The van der Waals surface area contributed by atoms with Crippen molar-refractivity contribution in [3.05, 3.63) is 48.0 Å². The van der Waals surface area contributed by atoms with Crippen LogP contribution < -0.4 is 15.9 Å². The Morgan fingerprint density at radius 3 is 2.56 bits per heavy atom. The van der Waals surface area contributed by atoms with E-state index in [-0.39, 0.29) is 18.8 Å². The van der Waals surface area contributed by atoms with Gasteiger partial charge in [-0.3, -0.25) is 19.2 Å². The predicted octanol–water partition coefficient (Wildman–Crippen LogP) is 3.80. The second-order valence-electron chi connectivity index (χ2n) is 10.1. The minimum atomic E-state index is -3.82. The van der Waals surface area contributed by atoms with E-state index in [1.807, 2.05) is 6.92 Å². The molecule has 0 radical (unpaired) electrons. The lowest BCUT2D eigenvalue weighted by molar-refractivity contribution is -0.149. The van der Waals surface area contributed by atoms with E-state index in [1.54, 1.807) is 55.9 Å². The molecule has 1 amide bonds. The number of unbranched alkanes of at least 4 members (excludes halogenated alkanes) is 2. The molecule has 2 aromatic heterocycles. The average molecular weight is 560 g/mol. The summed E-state index contributed by atoms with van der Waals surface area (Å²) in [5.74, 6) is -0.857. The molecule has 13 heteroatoms. The first-order valence-corrected chi connectivity index (χ1v) is 14.8. The quantitative estimate of drug-likeness (QED) is 0.150. The topological polar surface area (TPSA) is 163 Å². The standard InChI is InChI=1S/C26H38N7O5P/c1-6-7-8-13-37-25(35)26(4,5)32-39(36,31-24(34)20-11-9-18(2)10-12-20)17-38-19(3)14-33-16-30-21-22(27)28-15-29-23(21)33/h9-12,15-16,19H,6-8,13-14,17H2,1-5H3,(H2,27,28,29)(H2,31,32,34,36)/t19-,39+/m1/s1. The van der Waals surface area contributed by atoms with Crippen LogP contribution >= 0.6 is 7.44 Å². The van der Waals surface area contributed by atoms with Crippen LogP contribution in [0.4, 0.5) is 5.82 Å². The summed E-state index contributed by atoms with van der Waals surface area (Å²) in [4.78, 5) is 38.2. The van der Waals surface area contributed by atoms with E-state index in [0.717, 1.165) is 24.8 Å². The molecule has 0 spiro atoms. The lowest BCUT2D eigenvalue weighted by atomic mass is 10.1. The minimum Gasteiger partial charge on any atom is -0.464 e. The molecule has 2 atom stereocenters. The van der Waals surface area contributed by atoms with Gasteiger partial charge in [-0.1, -0.05) is 37.5 Å². The summed E-state index contributed by atoms with van der Waals surface area (Å²) in [6.07, 6.45) is 4.75. The van der Waals surface area contributed by atoms with Crippen LogP contribution in [-0.4, -0.2) is 56.0 Å². The smallest absolute Gasteiger partial charge is 0.326 e. The molecule has 39 heavy (non-hydrogen) atoms. The predicted molar refractivity (Wildman–Crippen MR) is 149 cm³/mol. The van der Waals surface area contributed by atoms with Crippen molar-refractivity contribution < 1.29 is 23.6 Å². The molecule has 4 N–H and O–H groups in total. The van der Waals surface area contributed by atoms with Gasteiger partial charge in [-0.05, 0) is 46.2 Å². The van der Waals surface area contributed by atoms with Crippen molar-refractivity contribution in [1.82, 2.24) is 29.7 Å². The molecule has 212 valence electrons. The van der Waals surface area contributed by atoms with Crippen LogP contribution in [-0.2, 0) is 25.4 Å². The molecule has 2 heterocycles. The number of imidazole rings is 1. The van der Waals surface area contributed by atoms with Crippen LogP contribution in [0.2, 0.25) is 0 Å². The maximum Gasteiger partial charge on any atom is 0.326 e. The van der Waals surface area contributed by atoms with E-state index in [1.165, 1.54) is 6.33 Å². The first kappa shape index (κ1) is 30.2. The van der Waals surface area contributed by atoms with Crippen LogP contribution in [0.3, 0.4) is 0 Å². The van der Waals surface area contributed by atoms with Gasteiger partial charge in [0, 0.05) is 5.56 Å².